The van der Waals surface area contributed by atoms with Crippen molar-refractivity contribution in [3.63, 3.8) is 0 Å². The van der Waals surface area contributed by atoms with Crippen LogP contribution < -0.4 is 27.8 Å². The third kappa shape index (κ3) is 9.32. The van der Waals surface area contributed by atoms with Crippen LogP contribution in [0.25, 0.3) is 5.69 Å². The van der Waals surface area contributed by atoms with Crippen LogP contribution in [-0.2, 0) is 27.3 Å². The zero-order chi connectivity index (χ0) is 28.0. The molecule has 0 fully saturated rings. The van der Waals surface area contributed by atoms with Crippen molar-refractivity contribution in [2.45, 2.75) is 37.9 Å². The van der Waals surface area contributed by atoms with E-state index >= 15 is 0 Å². The number of hydrogen-bond acceptors (Lipinski definition) is 7. The molecular formula is C28H38N8O3. The summed E-state index contributed by atoms with van der Waals surface area (Å²) in [6.45, 7) is 1.50. The van der Waals surface area contributed by atoms with Gasteiger partial charge in [0.25, 0.3) is 0 Å². The molecule has 11 heteroatoms. The normalized spacial score (nSPS) is 12.4. The molecule has 0 saturated carbocycles. The summed E-state index contributed by atoms with van der Waals surface area (Å²) in [4.78, 5) is 40.2. The summed E-state index contributed by atoms with van der Waals surface area (Å²) in [7, 11) is 0. The van der Waals surface area contributed by atoms with Crippen molar-refractivity contribution in [2.75, 3.05) is 26.2 Å². The number of nitrogens with two attached hydrogens (primary N) is 3. The standard InChI is InChI=1S/C28H38N8O3/c29-13-17-35(18-14-30)26(37)19-24(31)27(38)34-25(12-9-21-5-2-1-3-6-21)28(39)32-20-22-7-10-23(11-8-22)36-16-4-15-33-36/h1-8,10-11,15-16,24-25H,9,12-14,17-20,29-31H2,(H,32,39)(H,34,38). The lowest BCUT2D eigenvalue weighted by Crippen LogP contribution is -2.53. The molecule has 0 aliphatic heterocycles. The highest BCUT2D eigenvalue weighted by Gasteiger charge is 2.26. The van der Waals surface area contributed by atoms with Gasteiger partial charge in [-0.25, -0.2) is 4.68 Å². The monoisotopic (exact) mass is 534 g/mol. The molecule has 1 heterocycles. The molecule has 0 saturated heterocycles. The van der Waals surface area contributed by atoms with Gasteiger partial charge in [0.15, 0.2) is 0 Å². The summed E-state index contributed by atoms with van der Waals surface area (Å²) >= 11 is 0. The smallest absolute Gasteiger partial charge is 0.242 e. The predicted octanol–water partition coefficient (Wildman–Crippen LogP) is 0.0695. The van der Waals surface area contributed by atoms with Gasteiger partial charge in [-0.2, -0.15) is 5.10 Å². The Morgan fingerprint density at radius 2 is 1.59 bits per heavy atom. The van der Waals surface area contributed by atoms with E-state index in [2.05, 4.69) is 15.7 Å². The van der Waals surface area contributed by atoms with Crippen LogP contribution in [0.1, 0.15) is 24.0 Å². The van der Waals surface area contributed by atoms with Crippen LogP contribution >= 0.6 is 0 Å². The van der Waals surface area contributed by atoms with E-state index in [-0.39, 0.29) is 37.9 Å². The van der Waals surface area contributed by atoms with Crippen molar-refractivity contribution < 1.29 is 14.4 Å². The van der Waals surface area contributed by atoms with Gasteiger partial charge in [-0.15, -0.1) is 0 Å². The third-order valence-corrected chi connectivity index (χ3v) is 6.25. The average Bonchev–Trinajstić information content (AvgIpc) is 3.49. The van der Waals surface area contributed by atoms with Gasteiger partial charge in [0, 0.05) is 45.1 Å². The fraction of sp³-hybridized carbons (Fsp3) is 0.357. The van der Waals surface area contributed by atoms with Gasteiger partial charge in [0.1, 0.15) is 6.04 Å². The Balaban J connectivity index is 1.61. The largest absolute Gasteiger partial charge is 0.350 e. The van der Waals surface area contributed by atoms with E-state index in [1.165, 1.54) is 4.90 Å². The van der Waals surface area contributed by atoms with Crippen molar-refractivity contribution in [3.8, 4) is 5.69 Å². The molecule has 8 N–H and O–H groups in total. The Kier molecular flexibility index (Phi) is 11.6. The number of aryl methyl sites for hydroxylation is 1. The SMILES string of the molecule is NCCN(CCN)C(=O)CC(N)C(=O)NC(CCc1ccccc1)C(=O)NCc1ccc(-n2cccn2)cc1. The number of rotatable bonds is 15. The molecule has 3 aromatic rings. The van der Waals surface area contributed by atoms with Gasteiger partial charge in [-0.1, -0.05) is 42.5 Å². The summed E-state index contributed by atoms with van der Waals surface area (Å²) in [6, 6.07) is 17.2. The van der Waals surface area contributed by atoms with Crippen molar-refractivity contribution in [1.29, 1.82) is 0 Å². The molecule has 0 bridgehead atoms. The number of carbonyl (C=O) groups is 3. The van der Waals surface area contributed by atoms with E-state index in [4.69, 9.17) is 17.2 Å². The summed E-state index contributed by atoms with van der Waals surface area (Å²) in [5, 5.41) is 9.87. The maximum Gasteiger partial charge on any atom is 0.242 e. The molecule has 0 spiro atoms. The van der Waals surface area contributed by atoms with Crippen LogP contribution in [0.15, 0.2) is 73.1 Å². The first-order chi connectivity index (χ1) is 18.9. The molecule has 1 aromatic heterocycles. The molecule has 2 aromatic carbocycles. The topological polar surface area (TPSA) is 174 Å². The van der Waals surface area contributed by atoms with Crippen LogP contribution in [0.5, 0.6) is 0 Å². The lowest BCUT2D eigenvalue weighted by Gasteiger charge is -2.24. The first kappa shape index (κ1) is 29.5. The number of hydrogen-bond donors (Lipinski definition) is 5. The molecule has 2 atom stereocenters. The lowest BCUT2D eigenvalue weighted by atomic mass is 10.0. The molecule has 3 amide bonds. The molecule has 11 nitrogen and oxygen atoms in total. The number of aromatic nitrogens is 2. The van der Waals surface area contributed by atoms with E-state index in [9.17, 15) is 14.4 Å². The van der Waals surface area contributed by atoms with Gasteiger partial charge in [0.2, 0.25) is 17.7 Å². The van der Waals surface area contributed by atoms with Crippen LogP contribution in [-0.4, -0.2) is 70.7 Å². The fourth-order valence-corrected chi connectivity index (χ4v) is 4.09. The molecular weight excluding hydrogens is 496 g/mol. The first-order valence-corrected chi connectivity index (χ1v) is 13.1. The number of carbonyl (C=O) groups excluding carboxylic acids is 3. The Bertz CT molecular complexity index is 1160. The van der Waals surface area contributed by atoms with E-state index < -0.39 is 18.0 Å². The van der Waals surface area contributed by atoms with E-state index in [0.29, 0.717) is 25.9 Å². The molecule has 208 valence electrons. The second-order valence-electron chi connectivity index (χ2n) is 9.19. The van der Waals surface area contributed by atoms with E-state index in [1.54, 1.807) is 10.9 Å². The Morgan fingerprint density at radius 3 is 2.21 bits per heavy atom. The molecule has 0 aliphatic rings. The number of nitrogens with one attached hydrogen (secondary N) is 2. The quantitative estimate of drug-likeness (QED) is 0.183. The second-order valence-corrected chi connectivity index (χ2v) is 9.19. The maximum absolute atomic E-state index is 13.2. The highest BCUT2D eigenvalue weighted by molar-refractivity contribution is 5.92. The van der Waals surface area contributed by atoms with Gasteiger partial charge < -0.3 is 32.7 Å². The molecule has 2 unspecified atom stereocenters. The average molecular weight is 535 g/mol. The molecule has 3 rings (SSSR count). The van der Waals surface area contributed by atoms with Crippen molar-refractivity contribution in [2.24, 2.45) is 17.2 Å². The predicted molar refractivity (Wildman–Crippen MR) is 149 cm³/mol. The number of nitrogens with zero attached hydrogens (tertiary/aromatic N) is 3. The summed E-state index contributed by atoms with van der Waals surface area (Å²) in [6.07, 6.45) is 4.29. The minimum Gasteiger partial charge on any atom is -0.350 e. The highest BCUT2D eigenvalue weighted by Crippen LogP contribution is 2.10. The van der Waals surface area contributed by atoms with Crippen LogP contribution in [0.3, 0.4) is 0 Å². The third-order valence-electron chi connectivity index (χ3n) is 6.25. The lowest BCUT2D eigenvalue weighted by molar-refractivity contribution is -0.135. The molecule has 39 heavy (non-hydrogen) atoms. The first-order valence-electron chi connectivity index (χ1n) is 13.1. The highest BCUT2D eigenvalue weighted by atomic mass is 16.2. The van der Waals surface area contributed by atoms with E-state index in [1.807, 2.05) is 66.9 Å². The summed E-state index contributed by atoms with van der Waals surface area (Å²) in [5.41, 5.74) is 20.1. The molecule has 0 radical (unpaired) electrons. The maximum atomic E-state index is 13.2. The van der Waals surface area contributed by atoms with Crippen LogP contribution in [0, 0.1) is 0 Å². The summed E-state index contributed by atoms with van der Waals surface area (Å²) in [5.74, 6) is -1.21. The number of amides is 3. The zero-order valence-electron chi connectivity index (χ0n) is 22.0. The second kappa shape index (κ2) is 15.4. The van der Waals surface area contributed by atoms with E-state index in [0.717, 1.165) is 16.8 Å². The van der Waals surface area contributed by atoms with Gasteiger partial charge >= 0.3 is 0 Å². The zero-order valence-corrected chi connectivity index (χ0v) is 22.0. The van der Waals surface area contributed by atoms with Gasteiger partial charge in [-0.05, 0) is 42.2 Å². The summed E-state index contributed by atoms with van der Waals surface area (Å²) < 4.78 is 1.75. The van der Waals surface area contributed by atoms with Gasteiger partial charge in [-0.3, -0.25) is 14.4 Å². The Morgan fingerprint density at radius 1 is 0.897 bits per heavy atom. The van der Waals surface area contributed by atoms with Crippen molar-refractivity contribution in [1.82, 2.24) is 25.3 Å². The van der Waals surface area contributed by atoms with Crippen LogP contribution in [0.4, 0.5) is 0 Å². The Labute approximate surface area is 228 Å². The molecule has 0 aliphatic carbocycles. The van der Waals surface area contributed by atoms with Crippen LogP contribution in [0.2, 0.25) is 0 Å². The Hall–Kier alpha value is -4.06. The van der Waals surface area contributed by atoms with Gasteiger partial charge in [0.05, 0.1) is 18.2 Å². The van der Waals surface area contributed by atoms with Crippen molar-refractivity contribution in [3.05, 3.63) is 84.2 Å². The minimum absolute atomic E-state index is 0.207. The van der Waals surface area contributed by atoms with Crippen molar-refractivity contribution >= 4 is 17.7 Å². The fourth-order valence-electron chi connectivity index (χ4n) is 4.09. The number of benzene rings is 2. The minimum atomic E-state index is -1.11.